The normalized spacial score (nSPS) is 10.5. The second-order valence-corrected chi connectivity index (χ2v) is 4.35. The number of aryl methyl sites for hydroxylation is 1. The zero-order valence-electron chi connectivity index (χ0n) is 11.1. The molecule has 1 aromatic carbocycles. The molecule has 0 aliphatic heterocycles. The first-order valence-corrected chi connectivity index (χ1v) is 6.17. The highest BCUT2D eigenvalue weighted by Crippen LogP contribution is 2.18. The van der Waals surface area contributed by atoms with Crippen LogP contribution in [0, 0.1) is 12.7 Å². The van der Waals surface area contributed by atoms with E-state index >= 15 is 0 Å². The maximum Gasteiger partial charge on any atom is 0.142 e. The topological polar surface area (TPSA) is 34.2 Å². The van der Waals surface area contributed by atoms with Crippen LogP contribution >= 0.6 is 0 Å². The van der Waals surface area contributed by atoms with Crippen molar-refractivity contribution in [2.75, 3.05) is 7.05 Å². The van der Waals surface area contributed by atoms with E-state index < -0.39 is 0 Å². The van der Waals surface area contributed by atoms with Crippen LogP contribution in [0.15, 0.2) is 36.4 Å². The molecule has 0 saturated carbocycles. The fourth-order valence-electron chi connectivity index (χ4n) is 1.81. The monoisotopic (exact) mass is 260 g/mol. The Labute approximate surface area is 112 Å². The predicted molar refractivity (Wildman–Crippen MR) is 72.5 cm³/mol. The minimum Gasteiger partial charge on any atom is -0.487 e. The summed E-state index contributed by atoms with van der Waals surface area (Å²) in [4.78, 5) is 4.43. The molecule has 19 heavy (non-hydrogen) atoms. The van der Waals surface area contributed by atoms with E-state index in [4.69, 9.17) is 4.74 Å². The van der Waals surface area contributed by atoms with Gasteiger partial charge < -0.3 is 10.1 Å². The van der Waals surface area contributed by atoms with E-state index in [2.05, 4.69) is 10.3 Å². The van der Waals surface area contributed by atoms with E-state index in [0.29, 0.717) is 13.2 Å². The average Bonchev–Trinajstić information content (AvgIpc) is 2.38. The van der Waals surface area contributed by atoms with Gasteiger partial charge in [0.2, 0.25) is 0 Å². The van der Waals surface area contributed by atoms with Gasteiger partial charge in [0, 0.05) is 12.2 Å². The fourth-order valence-corrected chi connectivity index (χ4v) is 1.81. The molecule has 100 valence electrons. The van der Waals surface area contributed by atoms with Crippen molar-refractivity contribution in [1.29, 1.82) is 0 Å². The number of rotatable bonds is 5. The molecular weight excluding hydrogens is 243 g/mol. The van der Waals surface area contributed by atoms with E-state index in [1.165, 1.54) is 12.1 Å². The molecule has 2 aromatic rings. The Morgan fingerprint density at radius 1 is 1.26 bits per heavy atom. The quantitative estimate of drug-likeness (QED) is 0.897. The van der Waals surface area contributed by atoms with Gasteiger partial charge in [-0.25, -0.2) is 4.39 Å². The van der Waals surface area contributed by atoms with E-state index in [0.717, 1.165) is 22.7 Å². The van der Waals surface area contributed by atoms with Crippen LogP contribution in [0.5, 0.6) is 5.75 Å². The zero-order valence-corrected chi connectivity index (χ0v) is 11.1. The SMILES string of the molecule is CNCc1nc(C)ccc1OCc1cccc(F)c1. The molecule has 0 aliphatic rings. The number of nitrogens with one attached hydrogen (secondary N) is 1. The molecule has 4 heteroatoms. The third kappa shape index (κ3) is 3.76. The Morgan fingerprint density at radius 3 is 2.84 bits per heavy atom. The summed E-state index contributed by atoms with van der Waals surface area (Å²) in [5, 5.41) is 3.06. The molecule has 0 aliphatic carbocycles. The number of ether oxygens (including phenoxy) is 1. The van der Waals surface area contributed by atoms with Crippen LogP contribution in [0.25, 0.3) is 0 Å². The second-order valence-electron chi connectivity index (χ2n) is 4.35. The number of aromatic nitrogens is 1. The summed E-state index contributed by atoms with van der Waals surface area (Å²) in [6, 6.07) is 10.2. The lowest BCUT2D eigenvalue weighted by atomic mass is 10.2. The van der Waals surface area contributed by atoms with Crippen LogP contribution in [0.2, 0.25) is 0 Å². The zero-order chi connectivity index (χ0) is 13.7. The lowest BCUT2D eigenvalue weighted by Crippen LogP contribution is -2.10. The van der Waals surface area contributed by atoms with Gasteiger partial charge in [0.25, 0.3) is 0 Å². The second kappa shape index (κ2) is 6.29. The first-order valence-electron chi connectivity index (χ1n) is 6.17. The van der Waals surface area contributed by atoms with E-state index in [1.54, 1.807) is 6.07 Å². The average molecular weight is 260 g/mol. The Kier molecular flexibility index (Phi) is 4.47. The van der Waals surface area contributed by atoms with Gasteiger partial charge in [0.05, 0.1) is 5.69 Å². The van der Waals surface area contributed by atoms with Crippen molar-refractivity contribution in [2.45, 2.75) is 20.1 Å². The van der Waals surface area contributed by atoms with Gasteiger partial charge in [-0.3, -0.25) is 4.98 Å². The number of hydrogen-bond donors (Lipinski definition) is 1. The number of halogens is 1. The molecule has 3 nitrogen and oxygen atoms in total. The van der Waals surface area contributed by atoms with Crippen molar-refractivity contribution >= 4 is 0 Å². The molecule has 1 aromatic heterocycles. The van der Waals surface area contributed by atoms with Crippen LogP contribution < -0.4 is 10.1 Å². The minimum atomic E-state index is -0.251. The third-order valence-corrected chi connectivity index (χ3v) is 2.70. The smallest absolute Gasteiger partial charge is 0.142 e. The Bertz CT molecular complexity index is 558. The van der Waals surface area contributed by atoms with Crippen molar-refractivity contribution in [3.05, 3.63) is 59.2 Å². The highest BCUT2D eigenvalue weighted by molar-refractivity contribution is 5.29. The van der Waals surface area contributed by atoms with Crippen LogP contribution in [0.4, 0.5) is 4.39 Å². The van der Waals surface area contributed by atoms with Gasteiger partial charge in [0.15, 0.2) is 0 Å². The first kappa shape index (κ1) is 13.5. The largest absolute Gasteiger partial charge is 0.487 e. The first-order chi connectivity index (χ1) is 9.19. The Balaban J connectivity index is 2.10. The molecule has 0 radical (unpaired) electrons. The Hall–Kier alpha value is -1.94. The van der Waals surface area contributed by atoms with Crippen LogP contribution in [-0.2, 0) is 13.2 Å². The van der Waals surface area contributed by atoms with Gasteiger partial charge >= 0.3 is 0 Å². The number of nitrogens with zero attached hydrogens (tertiary/aromatic N) is 1. The van der Waals surface area contributed by atoms with Crippen molar-refractivity contribution in [1.82, 2.24) is 10.3 Å². The summed E-state index contributed by atoms with van der Waals surface area (Å²) in [5.41, 5.74) is 2.61. The summed E-state index contributed by atoms with van der Waals surface area (Å²) in [7, 11) is 1.86. The summed E-state index contributed by atoms with van der Waals surface area (Å²) < 4.78 is 18.8. The summed E-state index contributed by atoms with van der Waals surface area (Å²) in [5.74, 6) is 0.475. The van der Waals surface area contributed by atoms with Crippen molar-refractivity contribution in [3.63, 3.8) is 0 Å². The van der Waals surface area contributed by atoms with Crippen LogP contribution in [0.3, 0.4) is 0 Å². The molecule has 0 atom stereocenters. The molecule has 0 spiro atoms. The molecular formula is C15H17FN2O. The summed E-state index contributed by atoms with van der Waals surface area (Å²) >= 11 is 0. The maximum absolute atomic E-state index is 13.1. The molecule has 0 bridgehead atoms. The highest BCUT2D eigenvalue weighted by atomic mass is 19.1. The maximum atomic E-state index is 13.1. The minimum absolute atomic E-state index is 0.251. The predicted octanol–water partition coefficient (Wildman–Crippen LogP) is 2.83. The third-order valence-electron chi connectivity index (χ3n) is 2.70. The lowest BCUT2D eigenvalue weighted by molar-refractivity contribution is 0.300. The highest BCUT2D eigenvalue weighted by Gasteiger charge is 2.06. The van der Waals surface area contributed by atoms with Crippen LogP contribution in [0.1, 0.15) is 17.0 Å². The fraction of sp³-hybridized carbons (Fsp3) is 0.267. The molecule has 0 amide bonds. The van der Waals surface area contributed by atoms with Crippen molar-refractivity contribution < 1.29 is 9.13 Å². The van der Waals surface area contributed by atoms with Crippen molar-refractivity contribution in [3.8, 4) is 5.75 Å². The van der Waals surface area contributed by atoms with Gasteiger partial charge in [-0.15, -0.1) is 0 Å². The van der Waals surface area contributed by atoms with E-state index in [1.807, 2.05) is 32.2 Å². The molecule has 0 saturated heterocycles. The van der Waals surface area contributed by atoms with Gasteiger partial charge in [-0.1, -0.05) is 12.1 Å². The van der Waals surface area contributed by atoms with Gasteiger partial charge in [0.1, 0.15) is 18.2 Å². The molecule has 2 rings (SSSR count). The summed E-state index contributed by atoms with van der Waals surface area (Å²) in [6.45, 7) is 2.91. The standard InChI is InChI=1S/C15H17FN2O/c1-11-6-7-15(14(18-11)9-17-2)19-10-12-4-3-5-13(16)8-12/h3-8,17H,9-10H2,1-2H3. The molecule has 0 unspecified atom stereocenters. The number of hydrogen-bond acceptors (Lipinski definition) is 3. The lowest BCUT2D eigenvalue weighted by Gasteiger charge is -2.11. The molecule has 1 heterocycles. The van der Waals surface area contributed by atoms with E-state index in [-0.39, 0.29) is 5.82 Å². The molecule has 1 N–H and O–H groups in total. The number of benzene rings is 1. The van der Waals surface area contributed by atoms with E-state index in [9.17, 15) is 4.39 Å². The van der Waals surface area contributed by atoms with Gasteiger partial charge in [-0.2, -0.15) is 0 Å². The number of pyridine rings is 1. The van der Waals surface area contributed by atoms with Crippen LogP contribution in [-0.4, -0.2) is 12.0 Å². The Morgan fingerprint density at radius 2 is 2.11 bits per heavy atom. The van der Waals surface area contributed by atoms with Gasteiger partial charge in [-0.05, 0) is 43.8 Å². The molecule has 0 fully saturated rings. The van der Waals surface area contributed by atoms with Crippen molar-refractivity contribution in [2.24, 2.45) is 0 Å². The summed E-state index contributed by atoms with van der Waals surface area (Å²) in [6.07, 6.45) is 0.